The van der Waals surface area contributed by atoms with Crippen LogP contribution in [-0.2, 0) is 10.0 Å². The number of nitrogens with one attached hydrogen (secondary N) is 1. The Kier molecular flexibility index (Phi) is 4.21. The van der Waals surface area contributed by atoms with Gasteiger partial charge >= 0.3 is 0 Å². The standard InChI is InChI=1S/C11H12BrN5O2S/c1-17(10-4-2-3-5-14-10)20(18,19)9-6-8(12)7-15-11(9)16-13/h2-7H,13H2,1H3,(H,15,16). The van der Waals surface area contributed by atoms with Gasteiger partial charge in [0, 0.05) is 23.9 Å². The minimum Gasteiger partial charge on any atom is -0.307 e. The predicted octanol–water partition coefficient (Wildman–Crippen LogP) is 1.35. The normalized spacial score (nSPS) is 11.2. The zero-order valence-corrected chi connectivity index (χ0v) is 12.9. The van der Waals surface area contributed by atoms with Crippen molar-refractivity contribution in [3.63, 3.8) is 0 Å². The van der Waals surface area contributed by atoms with Gasteiger partial charge in [-0.05, 0) is 34.1 Å². The van der Waals surface area contributed by atoms with Crippen molar-refractivity contribution in [1.82, 2.24) is 9.97 Å². The molecule has 0 aliphatic carbocycles. The maximum atomic E-state index is 12.6. The van der Waals surface area contributed by atoms with Crippen LogP contribution in [0.25, 0.3) is 0 Å². The number of nitrogens with two attached hydrogens (primary N) is 1. The number of hydrazine groups is 1. The first-order chi connectivity index (χ1) is 9.46. The van der Waals surface area contributed by atoms with Crippen LogP contribution >= 0.6 is 15.9 Å². The third-order valence-electron chi connectivity index (χ3n) is 2.57. The van der Waals surface area contributed by atoms with E-state index < -0.39 is 10.0 Å². The molecule has 3 N–H and O–H groups in total. The minimum atomic E-state index is -3.82. The lowest BCUT2D eigenvalue weighted by molar-refractivity contribution is 0.594. The Morgan fingerprint density at radius 3 is 2.70 bits per heavy atom. The van der Waals surface area contributed by atoms with Crippen molar-refractivity contribution in [3.8, 4) is 0 Å². The van der Waals surface area contributed by atoms with Gasteiger partial charge in [0.1, 0.15) is 10.7 Å². The number of hydrogen-bond donors (Lipinski definition) is 2. The molecule has 0 saturated heterocycles. The molecule has 7 nitrogen and oxygen atoms in total. The van der Waals surface area contributed by atoms with Crippen LogP contribution in [0, 0.1) is 0 Å². The highest BCUT2D eigenvalue weighted by Gasteiger charge is 2.26. The summed E-state index contributed by atoms with van der Waals surface area (Å²) in [5.41, 5.74) is 2.28. The lowest BCUT2D eigenvalue weighted by atomic mass is 10.5. The molecule has 0 aromatic carbocycles. The zero-order chi connectivity index (χ0) is 14.8. The first-order valence-electron chi connectivity index (χ1n) is 5.49. The molecule has 0 radical (unpaired) electrons. The van der Waals surface area contributed by atoms with Gasteiger partial charge in [-0.2, -0.15) is 0 Å². The van der Waals surface area contributed by atoms with Gasteiger partial charge in [-0.15, -0.1) is 0 Å². The Morgan fingerprint density at radius 1 is 1.35 bits per heavy atom. The highest BCUT2D eigenvalue weighted by atomic mass is 79.9. The first kappa shape index (κ1) is 14.7. The summed E-state index contributed by atoms with van der Waals surface area (Å²) in [4.78, 5) is 7.90. The Labute approximate surface area is 125 Å². The van der Waals surface area contributed by atoms with Crippen molar-refractivity contribution in [2.24, 2.45) is 5.84 Å². The summed E-state index contributed by atoms with van der Waals surface area (Å²) in [5, 5.41) is 0. The van der Waals surface area contributed by atoms with E-state index in [2.05, 4.69) is 31.3 Å². The number of nitrogens with zero attached hydrogens (tertiary/aromatic N) is 3. The Bertz CT molecular complexity index is 708. The first-order valence-corrected chi connectivity index (χ1v) is 7.72. The molecule has 2 aromatic heterocycles. The molecule has 0 bridgehead atoms. The number of sulfonamides is 1. The summed E-state index contributed by atoms with van der Waals surface area (Å²) in [6.07, 6.45) is 2.97. The topological polar surface area (TPSA) is 101 Å². The Balaban J connectivity index is 2.53. The van der Waals surface area contributed by atoms with E-state index in [4.69, 9.17) is 5.84 Å². The van der Waals surface area contributed by atoms with E-state index >= 15 is 0 Å². The SMILES string of the molecule is CN(c1ccccn1)S(=O)(=O)c1cc(Br)cnc1NN. The summed E-state index contributed by atoms with van der Waals surface area (Å²) >= 11 is 3.19. The van der Waals surface area contributed by atoms with Crippen molar-refractivity contribution >= 4 is 37.6 Å². The van der Waals surface area contributed by atoms with Crippen molar-refractivity contribution < 1.29 is 8.42 Å². The molecule has 2 rings (SSSR count). The van der Waals surface area contributed by atoms with E-state index in [1.165, 1.54) is 25.5 Å². The molecule has 0 atom stereocenters. The van der Waals surface area contributed by atoms with E-state index in [0.29, 0.717) is 10.3 Å². The van der Waals surface area contributed by atoms with Crippen LogP contribution < -0.4 is 15.6 Å². The molecular weight excluding hydrogens is 346 g/mol. The number of halogens is 1. The van der Waals surface area contributed by atoms with Crippen LogP contribution in [0.15, 0.2) is 46.0 Å². The molecule has 0 saturated carbocycles. The second kappa shape index (κ2) is 5.73. The van der Waals surface area contributed by atoms with Crippen molar-refractivity contribution in [1.29, 1.82) is 0 Å². The number of anilines is 2. The second-order valence-corrected chi connectivity index (χ2v) is 6.66. The molecule has 0 aliphatic rings. The van der Waals surface area contributed by atoms with Gasteiger partial charge in [0.2, 0.25) is 0 Å². The van der Waals surface area contributed by atoms with Crippen LogP contribution in [0.3, 0.4) is 0 Å². The third-order valence-corrected chi connectivity index (χ3v) is 4.78. The van der Waals surface area contributed by atoms with Gasteiger partial charge in [0.05, 0.1) is 0 Å². The molecule has 106 valence electrons. The van der Waals surface area contributed by atoms with Crippen LogP contribution in [0.4, 0.5) is 11.6 Å². The summed E-state index contributed by atoms with van der Waals surface area (Å²) < 4.78 is 26.8. The lowest BCUT2D eigenvalue weighted by Crippen LogP contribution is -2.29. The Hall–Kier alpha value is -1.71. The number of hydrogen-bond acceptors (Lipinski definition) is 6. The molecule has 9 heteroatoms. The molecular formula is C11H12BrN5O2S. The van der Waals surface area contributed by atoms with E-state index in [-0.39, 0.29) is 10.7 Å². The number of rotatable bonds is 4. The van der Waals surface area contributed by atoms with Gasteiger partial charge in [-0.25, -0.2) is 24.2 Å². The fraction of sp³-hybridized carbons (Fsp3) is 0.0909. The number of pyridine rings is 2. The van der Waals surface area contributed by atoms with E-state index in [9.17, 15) is 8.42 Å². The quantitative estimate of drug-likeness (QED) is 0.632. The van der Waals surface area contributed by atoms with Gasteiger partial charge in [0.25, 0.3) is 10.0 Å². The van der Waals surface area contributed by atoms with Gasteiger partial charge in [-0.1, -0.05) is 6.07 Å². The summed E-state index contributed by atoms with van der Waals surface area (Å²) in [6.45, 7) is 0. The van der Waals surface area contributed by atoms with E-state index in [1.54, 1.807) is 18.2 Å². The van der Waals surface area contributed by atoms with Crippen LogP contribution in [0.5, 0.6) is 0 Å². The molecule has 2 aromatic rings. The maximum absolute atomic E-state index is 12.6. The summed E-state index contributed by atoms with van der Waals surface area (Å²) in [7, 11) is -2.41. The monoisotopic (exact) mass is 357 g/mol. The van der Waals surface area contributed by atoms with E-state index in [1.807, 2.05) is 0 Å². The second-order valence-electron chi connectivity index (χ2n) is 3.81. The number of nitrogen functional groups attached to an aromatic ring is 1. The van der Waals surface area contributed by atoms with E-state index in [0.717, 1.165) is 4.31 Å². The van der Waals surface area contributed by atoms with Gasteiger partial charge in [-0.3, -0.25) is 4.31 Å². The predicted molar refractivity (Wildman–Crippen MR) is 79.6 cm³/mol. The van der Waals surface area contributed by atoms with Crippen molar-refractivity contribution in [2.45, 2.75) is 4.90 Å². The number of aromatic nitrogens is 2. The molecule has 0 spiro atoms. The Morgan fingerprint density at radius 2 is 2.10 bits per heavy atom. The third kappa shape index (κ3) is 2.74. The van der Waals surface area contributed by atoms with Crippen LogP contribution in [0.1, 0.15) is 0 Å². The highest BCUT2D eigenvalue weighted by molar-refractivity contribution is 9.10. The fourth-order valence-electron chi connectivity index (χ4n) is 1.54. The van der Waals surface area contributed by atoms with Gasteiger partial charge < -0.3 is 5.43 Å². The van der Waals surface area contributed by atoms with Crippen molar-refractivity contribution in [3.05, 3.63) is 41.1 Å². The molecule has 20 heavy (non-hydrogen) atoms. The average molecular weight is 358 g/mol. The fourth-order valence-corrected chi connectivity index (χ4v) is 3.30. The average Bonchev–Trinajstić information content (AvgIpc) is 2.47. The molecule has 0 amide bonds. The van der Waals surface area contributed by atoms with Gasteiger partial charge in [0.15, 0.2) is 5.82 Å². The molecule has 2 heterocycles. The molecule has 0 unspecified atom stereocenters. The minimum absolute atomic E-state index is 0.0393. The maximum Gasteiger partial charge on any atom is 0.269 e. The van der Waals surface area contributed by atoms with Crippen LogP contribution in [0.2, 0.25) is 0 Å². The van der Waals surface area contributed by atoms with Crippen molar-refractivity contribution in [2.75, 3.05) is 16.8 Å². The zero-order valence-electron chi connectivity index (χ0n) is 10.5. The lowest BCUT2D eigenvalue weighted by Gasteiger charge is -2.19. The molecule has 0 fully saturated rings. The largest absolute Gasteiger partial charge is 0.307 e. The summed E-state index contributed by atoms with van der Waals surface area (Å²) in [5.74, 6) is 5.68. The van der Waals surface area contributed by atoms with Crippen LogP contribution in [-0.4, -0.2) is 25.4 Å². The highest BCUT2D eigenvalue weighted by Crippen LogP contribution is 2.26. The molecule has 0 aliphatic heterocycles. The summed E-state index contributed by atoms with van der Waals surface area (Å²) in [6, 6.07) is 6.43. The smallest absolute Gasteiger partial charge is 0.269 e.